The summed E-state index contributed by atoms with van der Waals surface area (Å²) >= 11 is 0. The minimum Gasteiger partial charge on any atom is -0.325 e. The van der Waals surface area contributed by atoms with Gasteiger partial charge in [0.15, 0.2) is 0 Å². The molecule has 33 heavy (non-hydrogen) atoms. The van der Waals surface area contributed by atoms with Crippen molar-refractivity contribution >= 4 is 11.6 Å². The molecule has 4 nitrogen and oxygen atoms in total. The molecule has 3 N–H and O–H groups in total. The quantitative estimate of drug-likeness (QED) is 0.523. The number of halogens is 9. The molecule has 182 valence electrons. The lowest BCUT2D eigenvalue weighted by atomic mass is 9.85. The number of nitrogens with two attached hydrogens (primary N) is 1. The Labute approximate surface area is 182 Å². The van der Waals surface area contributed by atoms with Crippen LogP contribution in [0.1, 0.15) is 39.7 Å². The summed E-state index contributed by atoms with van der Waals surface area (Å²) in [6.45, 7) is 2.47. The Balaban J connectivity index is 2.60. The third-order valence-corrected chi connectivity index (χ3v) is 4.91. The van der Waals surface area contributed by atoms with Crippen molar-refractivity contribution in [2.45, 2.75) is 50.8 Å². The normalized spacial score (nSPS) is 14.7. The van der Waals surface area contributed by atoms with Gasteiger partial charge in [-0.25, -0.2) is 4.39 Å². The first-order chi connectivity index (χ1) is 15.0. The fraction of sp³-hybridized carbons (Fsp3) is 0.400. The Morgan fingerprint density at radius 3 is 2.03 bits per heavy atom. The molecule has 1 aromatic heterocycles. The van der Waals surface area contributed by atoms with E-state index in [0.29, 0.717) is 5.69 Å². The number of aryl methyl sites for hydroxylation is 2. The fourth-order valence-corrected chi connectivity index (χ4v) is 3.10. The van der Waals surface area contributed by atoms with E-state index < -0.39 is 35.4 Å². The third kappa shape index (κ3) is 4.63. The van der Waals surface area contributed by atoms with Gasteiger partial charge >= 0.3 is 23.9 Å². The summed E-state index contributed by atoms with van der Waals surface area (Å²) in [4.78, 5) is 16.4. The molecule has 0 radical (unpaired) electrons. The first kappa shape index (κ1) is 26.4. The van der Waals surface area contributed by atoms with Crippen molar-refractivity contribution in [3.05, 3.63) is 58.4 Å². The van der Waals surface area contributed by atoms with Crippen LogP contribution >= 0.6 is 0 Å². The second-order valence-electron chi connectivity index (χ2n) is 7.11. The number of aromatic nitrogens is 1. The van der Waals surface area contributed by atoms with Crippen LogP contribution in [0.25, 0.3) is 0 Å². The van der Waals surface area contributed by atoms with Crippen LogP contribution in [0.5, 0.6) is 0 Å². The van der Waals surface area contributed by atoms with Crippen LogP contribution < -0.4 is 11.1 Å². The molecular weight excluding hydrogens is 469 g/mol. The number of carbonyl (C=O) groups excluding carboxylic acids is 1. The minimum absolute atomic E-state index is 0.0106. The van der Waals surface area contributed by atoms with Crippen LogP contribution in [0.3, 0.4) is 0 Å². The van der Waals surface area contributed by atoms with E-state index in [0.717, 1.165) is 13.1 Å². The molecule has 2 aromatic rings. The first-order valence-corrected chi connectivity index (χ1v) is 9.31. The monoisotopic (exact) mass is 487 g/mol. The summed E-state index contributed by atoms with van der Waals surface area (Å²) in [5, 5.41) is 2.35. The Bertz CT molecular complexity index is 1020. The summed E-state index contributed by atoms with van der Waals surface area (Å²) in [6.07, 6.45) is -12.5. The van der Waals surface area contributed by atoms with Gasteiger partial charge in [-0.3, -0.25) is 9.78 Å². The lowest BCUT2D eigenvalue weighted by molar-refractivity contribution is -0.389. The van der Waals surface area contributed by atoms with E-state index in [4.69, 9.17) is 5.73 Å². The molecule has 2 rings (SSSR count). The van der Waals surface area contributed by atoms with Gasteiger partial charge < -0.3 is 11.1 Å². The van der Waals surface area contributed by atoms with Gasteiger partial charge in [0.2, 0.25) is 0 Å². The zero-order valence-corrected chi connectivity index (χ0v) is 17.1. The first-order valence-electron chi connectivity index (χ1n) is 9.31. The summed E-state index contributed by atoms with van der Waals surface area (Å²) in [5.41, 5.74) is -2.92. The SMILES string of the molecule is CCc1cc(C(F)(C(F)(F)F)C(F)(F)C(F)(F)F)cc(C)c1NC(=O)c1ccc(CN)nc1. The molecule has 0 fully saturated rings. The van der Waals surface area contributed by atoms with Crippen molar-refractivity contribution in [3.8, 4) is 0 Å². The van der Waals surface area contributed by atoms with Gasteiger partial charge in [0.05, 0.1) is 11.3 Å². The molecule has 0 spiro atoms. The lowest BCUT2D eigenvalue weighted by Gasteiger charge is -2.36. The van der Waals surface area contributed by atoms with E-state index >= 15 is 0 Å². The molecule has 1 unspecified atom stereocenters. The number of carbonyl (C=O) groups is 1. The van der Waals surface area contributed by atoms with Crippen LogP contribution in [0.4, 0.5) is 45.2 Å². The number of anilines is 1. The van der Waals surface area contributed by atoms with Crippen molar-refractivity contribution in [3.63, 3.8) is 0 Å². The highest BCUT2D eigenvalue weighted by molar-refractivity contribution is 6.04. The van der Waals surface area contributed by atoms with Crippen LogP contribution in [0.2, 0.25) is 0 Å². The maximum atomic E-state index is 14.8. The Kier molecular flexibility index (Phi) is 7.08. The van der Waals surface area contributed by atoms with Gasteiger partial charge in [-0.2, -0.15) is 35.1 Å². The number of hydrogen-bond donors (Lipinski definition) is 2. The molecule has 0 aliphatic rings. The summed E-state index contributed by atoms with van der Waals surface area (Å²) in [6, 6.07) is 3.23. The van der Waals surface area contributed by atoms with Crippen molar-refractivity contribution in [1.82, 2.24) is 4.98 Å². The zero-order valence-electron chi connectivity index (χ0n) is 17.1. The average molecular weight is 487 g/mol. The largest absolute Gasteiger partial charge is 0.457 e. The number of benzene rings is 1. The van der Waals surface area contributed by atoms with Crippen molar-refractivity contribution in [2.75, 3.05) is 5.32 Å². The number of alkyl halides is 9. The average Bonchev–Trinajstić information content (AvgIpc) is 2.72. The van der Waals surface area contributed by atoms with Crippen molar-refractivity contribution in [1.29, 1.82) is 0 Å². The molecule has 1 heterocycles. The summed E-state index contributed by atoms with van der Waals surface area (Å²) < 4.78 is 121. The molecule has 1 amide bonds. The summed E-state index contributed by atoms with van der Waals surface area (Å²) in [7, 11) is 0. The van der Waals surface area contributed by atoms with Gasteiger partial charge in [-0.1, -0.05) is 13.0 Å². The van der Waals surface area contributed by atoms with E-state index in [2.05, 4.69) is 10.3 Å². The highest BCUT2D eigenvalue weighted by Crippen LogP contribution is 2.58. The molecule has 1 aromatic carbocycles. The van der Waals surface area contributed by atoms with Gasteiger partial charge in [0.1, 0.15) is 0 Å². The molecule has 1 atom stereocenters. The summed E-state index contributed by atoms with van der Waals surface area (Å²) in [5.74, 6) is -7.57. The van der Waals surface area contributed by atoms with Crippen LogP contribution in [-0.4, -0.2) is 29.2 Å². The lowest BCUT2D eigenvalue weighted by Crippen LogP contribution is -2.59. The van der Waals surface area contributed by atoms with E-state index in [1.165, 1.54) is 19.1 Å². The van der Waals surface area contributed by atoms with Gasteiger partial charge in [-0.05, 0) is 42.7 Å². The van der Waals surface area contributed by atoms with Gasteiger partial charge in [0.25, 0.3) is 5.91 Å². The van der Waals surface area contributed by atoms with E-state index in [1.807, 2.05) is 0 Å². The molecule has 0 aliphatic carbocycles. The van der Waals surface area contributed by atoms with Crippen LogP contribution in [0, 0.1) is 6.92 Å². The van der Waals surface area contributed by atoms with Crippen LogP contribution in [-0.2, 0) is 18.6 Å². The second kappa shape index (κ2) is 8.84. The van der Waals surface area contributed by atoms with E-state index in [1.54, 1.807) is 0 Å². The Morgan fingerprint density at radius 1 is 1.00 bits per heavy atom. The molecular formula is C20H18F9N3O. The topological polar surface area (TPSA) is 68.0 Å². The van der Waals surface area contributed by atoms with Crippen LogP contribution in [0.15, 0.2) is 30.5 Å². The maximum absolute atomic E-state index is 14.8. The molecule has 0 aliphatic heterocycles. The predicted molar refractivity (Wildman–Crippen MR) is 100 cm³/mol. The number of nitrogens with one attached hydrogen (secondary N) is 1. The zero-order chi connectivity index (χ0) is 25.4. The standard InChI is InChI=1S/C20H18F9N3O/c1-3-11-7-13(17(21,19(24,25)26)18(22,23)20(27,28)29)6-10(2)15(11)32-16(33)12-4-5-14(8-30)31-9-12/h4-7,9H,3,8,30H2,1-2H3,(H,32,33). The molecule has 13 heteroatoms. The highest BCUT2D eigenvalue weighted by atomic mass is 19.4. The van der Waals surface area contributed by atoms with Gasteiger partial charge in [0, 0.05) is 24.0 Å². The third-order valence-electron chi connectivity index (χ3n) is 4.91. The minimum atomic E-state index is -6.83. The molecule has 0 saturated carbocycles. The van der Waals surface area contributed by atoms with Gasteiger partial charge in [-0.15, -0.1) is 0 Å². The fourth-order valence-electron chi connectivity index (χ4n) is 3.10. The highest BCUT2D eigenvalue weighted by Gasteiger charge is 2.81. The van der Waals surface area contributed by atoms with E-state index in [-0.39, 0.29) is 47.5 Å². The number of hydrogen-bond acceptors (Lipinski definition) is 3. The smallest absolute Gasteiger partial charge is 0.325 e. The van der Waals surface area contributed by atoms with E-state index in [9.17, 15) is 44.3 Å². The van der Waals surface area contributed by atoms with Crippen molar-refractivity contribution in [2.24, 2.45) is 5.73 Å². The number of amides is 1. The predicted octanol–water partition coefficient (Wildman–Crippen LogP) is 5.59. The number of nitrogens with zero attached hydrogens (tertiary/aromatic N) is 1. The number of rotatable bonds is 6. The van der Waals surface area contributed by atoms with Crippen molar-refractivity contribution < 1.29 is 44.3 Å². The number of pyridine rings is 1. The molecule has 0 bridgehead atoms. The second-order valence-corrected chi connectivity index (χ2v) is 7.11. The maximum Gasteiger partial charge on any atom is 0.457 e. The Morgan fingerprint density at radius 2 is 1.61 bits per heavy atom. The Hall–Kier alpha value is -2.83. The molecule has 0 saturated heterocycles.